The van der Waals surface area contributed by atoms with Gasteiger partial charge in [0.1, 0.15) is 5.75 Å². The van der Waals surface area contributed by atoms with Crippen LogP contribution in [-0.2, 0) is 4.74 Å². The van der Waals surface area contributed by atoms with Gasteiger partial charge in [-0.05, 0) is 49.4 Å². The van der Waals surface area contributed by atoms with Gasteiger partial charge in [0, 0.05) is 41.8 Å². The molecule has 1 fully saturated rings. The van der Waals surface area contributed by atoms with Crippen LogP contribution in [0.3, 0.4) is 0 Å². The van der Waals surface area contributed by atoms with E-state index in [2.05, 4.69) is 15.9 Å². The van der Waals surface area contributed by atoms with Crippen molar-refractivity contribution in [2.75, 3.05) is 32.8 Å². The minimum Gasteiger partial charge on any atom is -0.434 e. The molecule has 7 nitrogen and oxygen atoms in total. The van der Waals surface area contributed by atoms with Gasteiger partial charge < -0.3 is 19.3 Å². The molecule has 0 N–H and O–H groups in total. The molecule has 0 spiro atoms. The number of carbonyl (C=O) groups excluding carboxylic acids is 3. The fourth-order valence-corrected chi connectivity index (χ4v) is 3.41. The highest BCUT2D eigenvalue weighted by Crippen LogP contribution is 2.17. The highest BCUT2D eigenvalue weighted by molar-refractivity contribution is 9.10. The molecule has 0 bridgehead atoms. The lowest BCUT2D eigenvalue weighted by atomic mass is 10.1. The summed E-state index contributed by atoms with van der Waals surface area (Å²) in [6.07, 6.45) is -0.780. The number of rotatable bonds is 4. The number of ether oxygens (including phenoxy) is 2. The standard InChI is InChI=1S/C21H21BrN2O5/c1-2-28-21(27)29-18-8-6-15(7-9-18)19(25)23-10-12-24(13-11-23)20(26)16-4-3-5-17(22)14-16/h3-9,14H,2,10-13H2,1H3. The Bertz CT molecular complexity index is 892. The summed E-state index contributed by atoms with van der Waals surface area (Å²) in [5.74, 6) is 0.144. The third-order valence-electron chi connectivity index (χ3n) is 4.49. The van der Waals surface area contributed by atoms with Gasteiger partial charge in [0.25, 0.3) is 11.8 Å². The molecule has 2 aromatic rings. The van der Waals surface area contributed by atoms with E-state index in [1.54, 1.807) is 53.1 Å². The summed E-state index contributed by atoms with van der Waals surface area (Å²) in [6, 6.07) is 13.6. The molecule has 0 atom stereocenters. The monoisotopic (exact) mass is 460 g/mol. The van der Waals surface area contributed by atoms with Crippen molar-refractivity contribution in [3.05, 3.63) is 64.1 Å². The average Bonchev–Trinajstić information content (AvgIpc) is 2.73. The molecule has 0 unspecified atom stereocenters. The Morgan fingerprint density at radius 2 is 1.48 bits per heavy atom. The summed E-state index contributed by atoms with van der Waals surface area (Å²) >= 11 is 3.38. The van der Waals surface area contributed by atoms with Gasteiger partial charge in [0.15, 0.2) is 0 Å². The smallest absolute Gasteiger partial charge is 0.434 e. The van der Waals surface area contributed by atoms with Crippen molar-refractivity contribution < 1.29 is 23.9 Å². The van der Waals surface area contributed by atoms with E-state index in [1.165, 1.54) is 0 Å². The van der Waals surface area contributed by atoms with Crippen molar-refractivity contribution in [3.63, 3.8) is 0 Å². The number of hydrogen-bond donors (Lipinski definition) is 0. The molecular formula is C21H21BrN2O5. The molecule has 29 heavy (non-hydrogen) atoms. The Kier molecular flexibility index (Phi) is 6.87. The quantitative estimate of drug-likeness (QED) is 0.514. The maximum Gasteiger partial charge on any atom is 0.513 e. The first-order valence-electron chi connectivity index (χ1n) is 9.26. The lowest BCUT2D eigenvalue weighted by Gasteiger charge is -2.35. The van der Waals surface area contributed by atoms with E-state index in [9.17, 15) is 14.4 Å². The predicted octanol–water partition coefficient (Wildman–Crippen LogP) is 3.58. The Morgan fingerprint density at radius 1 is 0.897 bits per heavy atom. The Balaban J connectivity index is 1.56. The molecular weight excluding hydrogens is 440 g/mol. The molecule has 1 aliphatic rings. The molecule has 2 amide bonds. The van der Waals surface area contributed by atoms with Crippen molar-refractivity contribution in [2.24, 2.45) is 0 Å². The van der Waals surface area contributed by atoms with Crippen molar-refractivity contribution in [1.82, 2.24) is 9.80 Å². The normalized spacial score (nSPS) is 13.7. The second-order valence-corrected chi connectivity index (χ2v) is 7.32. The second kappa shape index (κ2) is 9.56. The molecule has 2 aromatic carbocycles. The summed E-state index contributed by atoms with van der Waals surface area (Å²) in [7, 11) is 0. The molecule has 1 aliphatic heterocycles. The van der Waals surface area contributed by atoms with Crippen molar-refractivity contribution in [2.45, 2.75) is 6.92 Å². The molecule has 0 aliphatic carbocycles. The highest BCUT2D eigenvalue weighted by atomic mass is 79.9. The van der Waals surface area contributed by atoms with Gasteiger partial charge in [0.05, 0.1) is 6.61 Å². The molecule has 8 heteroatoms. The van der Waals surface area contributed by atoms with E-state index in [1.807, 2.05) is 12.1 Å². The summed E-state index contributed by atoms with van der Waals surface area (Å²) in [4.78, 5) is 40.1. The summed E-state index contributed by atoms with van der Waals surface area (Å²) < 4.78 is 10.6. The zero-order chi connectivity index (χ0) is 20.8. The minimum absolute atomic E-state index is 0.0427. The van der Waals surface area contributed by atoms with E-state index in [4.69, 9.17) is 9.47 Å². The zero-order valence-corrected chi connectivity index (χ0v) is 17.6. The predicted molar refractivity (Wildman–Crippen MR) is 110 cm³/mol. The second-order valence-electron chi connectivity index (χ2n) is 6.40. The average molecular weight is 461 g/mol. The van der Waals surface area contributed by atoms with E-state index >= 15 is 0 Å². The van der Waals surface area contributed by atoms with Gasteiger partial charge in [0.2, 0.25) is 0 Å². The van der Waals surface area contributed by atoms with Gasteiger partial charge in [-0.1, -0.05) is 22.0 Å². The van der Waals surface area contributed by atoms with Gasteiger partial charge >= 0.3 is 6.16 Å². The van der Waals surface area contributed by atoms with Crippen LogP contribution in [0.4, 0.5) is 4.79 Å². The van der Waals surface area contributed by atoms with Crippen molar-refractivity contribution in [3.8, 4) is 5.75 Å². The largest absolute Gasteiger partial charge is 0.513 e. The lowest BCUT2D eigenvalue weighted by molar-refractivity contribution is 0.0535. The Labute approximate surface area is 177 Å². The number of amides is 2. The van der Waals surface area contributed by atoms with Crippen molar-refractivity contribution in [1.29, 1.82) is 0 Å². The van der Waals surface area contributed by atoms with Crippen LogP contribution in [-0.4, -0.2) is 60.6 Å². The zero-order valence-electron chi connectivity index (χ0n) is 16.0. The fourth-order valence-electron chi connectivity index (χ4n) is 3.01. The molecule has 3 rings (SSSR count). The van der Waals surface area contributed by atoms with Crippen LogP contribution in [0.5, 0.6) is 5.75 Å². The Hall–Kier alpha value is -2.87. The van der Waals surface area contributed by atoms with E-state index < -0.39 is 6.16 Å². The third-order valence-corrected chi connectivity index (χ3v) is 4.98. The van der Waals surface area contributed by atoms with Crippen LogP contribution in [0.15, 0.2) is 53.0 Å². The molecule has 0 aromatic heterocycles. The Morgan fingerprint density at radius 3 is 2.03 bits per heavy atom. The lowest BCUT2D eigenvalue weighted by Crippen LogP contribution is -2.50. The molecule has 0 saturated carbocycles. The molecule has 152 valence electrons. The van der Waals surface area contributed by atoms with E-state index in [0.29, 0.717) is 43.1 Å². The summed E-state index contributed by atoms with van der Waals surface area (Å²) in [6.45, 7) is 3.78. The maximum absolute atomic E-state index is 12.7. The van der Waals surface area contributed by atoms with Crippen LogP contribution in [0.2, 0.25) is 0 Å². The first-order valence-corrected chi connectivity index (χ1v) is 10.1. The number of nitrogens with zero attached hydrogens (tertiary/aromatic N) is 2. The number of carbonyl (C=O) groups is 3. The number of hydrogen-bond acceptors (Lipinski definition) is 5. The first-order chi connectivity index (χ1) is 14.0. The van der Waals surface area contributed by atoms with Gasteiger partial charge in [-0.2, -0.15) is 0 Å². The molecule has 0 radical (unpaired) electrons. The first kappa shape index (κ1) is 20.9. The van der Waals surface area contributed by atoms with Gasteiger partial charge in [-0.3, -0.25) is 9.59 Å². The number of benzene rings is 2. The number of halogens is 1. The number of piperazine rings is 1. The van der Waals surface area contributed by atoms with Crippen LogP contribution < -0.4 is 4.74 Å². The van der Waals surface area contributed by atoms with Gasteiger partial charge in [-0.15, -0.1) is 0 Å². The summed E-state index contributed by atoms with van der Waals surface area (Å²) in [5, 5.41) is 0. The van der Waals surface area contributed by atoms with Crippen molar-refractivity contribution >= 4 is 33.9 Å². The minimum atomic E-state index is -0.780. The van der Waals surface area contributed by atoms with Crippen LogP contribution in [0.1, 0.15) is 27.6 Å². The van der Waals surface area contributed by atoms with Crippen LogP contribution >= 0.6 is 15.9 Å². The van der Waals surface area contributed by atoms with E-state index in [-0.39, 0.29) is 18.4 Å². The molecule has 1 heterocycles. The molecule has 1 saturated heterocycles. The third kappa shape index (κ3) is 5.35. The highest BCUT2D eigenvalue weighted by Gasteiger charge is 2.25. The fraction of sp³-hybridized carbons (Fsp3) is 0.286. The van der Waals surface area contributed by atoms with Crippen LogP contribution in [0, 0.1) is 0 Å². The van der Waals surface area contributed by atoms with Crippen LogP contribution in [0.25, 0.3) is 0 Å². The van der Waals surface area contributed by atoms with Gasteiger partial charge in [-0.25, -0.2) is 4.79 Å². The summed E-state index contributed by atoms with van der Waals surface area (Å²) in [5.41, 5.74) is 1.12. The topological polar surface area (TPSA) is 76.2 Å². The maximum atomic E-state index is 12.7. The van der Waals surface area contributed by atoms with E-state index in [0.717, 1.165) is 4.47 Å². The SMILES string of the molecule is CCOC(=O)Oc1ccc(C(=O)N2CCN(C(=O)c3cccc(Br)c3)CC2)cc1.